The summed E-state index contributed by atoms with van der Waals surface area (Å²) in [4.78, 5) is 0. The molecule has 17 heavy (non-hydrogen) atoms. The maximum Gasteiger partial charge on any atom is 0.169 e. The molecule has 0 aliphatic heterocycles. The zero-order valence-corrected chi connectivity index (χ0v) is 10.6. The van der Waals surface area contributed by atoms with Gasteiger partial charge in [-0.2, -0.15) is 0 Å². The summed E-state index contributed by atoms with van der Waals surface area (Å²) in [5.74, 6) is -0.0231. The predicted molar refractivity (Wildman–Crippen MR) is 65.9 cm³/mol. The zero-order valence-electron chi connectivity index (χ0n) is 10.6. The van der Waals surface area contributed by atoms with E-state index in [9.17, 15) is 4.39 Å². The van der Waals surface area contributed by atoms with Gasteiger partial charge in [0, 0.05) is 24.8 Å². The van der Waals surface area contributed by atoms with Gasteiger partial charge in [0.2, 0.25) is 0 Å². The average molecular weight is 241 g/mol. The lowest BCUT2D eigenvalue weighted by atomic mass is 10.0. The summed E-state index contributed by atoms with van der Waals surface area (Å²) in [6, 6.07) is 5.12. The average Bonchev–Trinajstić information content (AvgIpc) is 2.36. The first kappa shape index (κ1) is 13.9. The standard InChI is InChI=1S/C13H20FNO2/c1-4-17-9-8-11(15-2)10-6-5-7-12(16-3)13(10)14/h5-7,11,15H,4,8-9H2,1-3H3. The minimum absolute atomic E-state index is 0.0587. The highest BCUT2D eigenvalue weighted by Gasteiger charge is 2.16. The van der Waals surface area contributed by atoms with Crippen LogP contribution >= 0.6 is 0 Å². The number of methoxy groups -OCH3 is 1. The van der Waals surface area contributed by atoms with Crippen molar-refractivity contribution >= 4 is 0 Å². The summed E-state index contributed by atoms with van der Waals surface area (Å²) in [6.45, 7) is 3.23. The molecule has 1 aromatic carbocycles. The van der Waals surface area contributed by atoms with Crippen LogP contribution in [0.2, 0.25) is 0 Å². The Morgan fingerprint density at radius 3 is 2.76 bits per heavy atom. The van der Waals surface area contributed by atoms with Gasteiger partial charge >= 0.3 is 0 Å². The summed E-state index contributed by atoms with van der Waals surface area (Å²) in [5, 5.41) is 3.09. The molecule has 1 rings (SSSR count). The first-order chi connectivity index (χ1) is 8.24. The van der Waals surface area contributed by atoms with E-state index in [2.05, 4.69) is 5.32 Å². The molecule has 1 N–H and O–H groups in total. The molecule has 0 spiro atoms. The fourth-order valence-electron chi connectivity index (χ4n) is 1.76. The van der Waals surface area contributed by atoms with E-state index in [0.29, 0.717) is 18.8 Å². The molecule has 0 aromatic heterocycles. The Hall–Kier alpha value is -1.13. The van der Waals surface area contributed by atoms with E-state index in [0.717, 1.165) is 6.42 Å². The van der Waals surface area contributed by atoms with Crippen molar-refractivity contribution < 1.29 is 13.9 Å². The Balaban J connectivity index is 2.80. The van der Waals surface area contributed by atoms with Gasteiger partial charge in [0.25, 0.3) is 0 Å². The number of rotatable bonds is 7. The second kappa shape index (κ2) is 7.25. The van der Waals surface area contributed by atoms with Gasteiger partial charge in [-0.05, 0) is 26.5 Å². The second-order valence-electron chi connectivity index (χ2n) is 3.69. The minimum Gasteiger partial charge on any atom is -0.494 e. The third-order valence-corrected chi connectivity index (χ3v) is 2.69. The van der Waals surface area contributed by atoms with Crippen molar-refractivity contribution in [2.45, 2.75) is 19.4 Å². The maximum absolute atomic E-state index is 14.0. The second-order valence-corrected chi connectivity index (χ2v) is 3.69. The van der Waals surface area contributed by atoms with Crippen LogP contribution in [0.1, 0.15) is 24.9 Å². The molecule has 0 heterocycles. The molecule has 0 saturated carbocycles. The Labute approximate surface area is 102 Å². The summed E-state index contributed by atoms with van der Waals surface area (Å²) < 4.78 is 24.3. The van der Waals surface area contributed by atoms with Crippen LogP contribution in [0.25, 0.3) is 0 Å². The highest BCUT2D eigenvalue weighted by Crippen LogP contribution is 2.26. The molecule has 1 unspecified atom stereocenters. The van der Waals surface area contributed by atoms with E-state index in [4.69, 9.17) is 9.47 Å². The van der Waals surface area contributed by atoms with Crippen molar-refractivity contribution in [1.82, 2.24) is 5.32 Å². The van der Waals surface area contributed by atoms with Gasteiger partial charge in [-0.15, -0.1) is 0 Å². The predicted octanol–water partition coefficient (Wildman–Crippen LogP) is 2.52. The Morgan fingerprint density at radius 1 is 1.41 bits per heavy atom. The SMILES string of the molecule is CCOCCC(NC)c1cccc(OC)c1F. The van der Waals surface area contributed by atoms with Crippen molar-refractivity contribution in [2.75, 3.05) is 27.4 Å². The number of halogens is 1. The molecule has 0 aliphatic rings. The topological polar surface area (TPSA) is 30.5 Å². The zero-order chi connectivity index (χ0) is 12.7. The van der Waals surface area contributed by atoms with E-state index in [1.54, 1.807) is 18.2 Å². The van der Waals surface area contributed by atoms with Gasteiger partial charge in [-0.25, -0.2) is 4.39 Å². The van der Waals surface area contributed by atoms with E-state index >= 15 is 0 Å². The molecule has 4 heteroatoms. The van der Waals surface area contributed by atoms with Crippen molar-refractivity contribution in [3.63, 3.8) is 0 Å². The fraction of sp³-hybridized carbons (Fsp3) is 0.538. The van der Waals surface area contributed by atoms with Crippen LogP contribution in [0, 0.1) is 5.82 Å². The summed E-state index contributed by atoms with van der Waals surface area (Å²) >= 11 is 0. The Kier molecular flexibility index (Phi) is 5.94. The van der Waals surface area contributed by atoms with Crippen LogP contribution in [0.4, 0.5) is 4.39 Å². The molecule has 1 atom stereocenters. The third-order valence-electron chi connectivity index (χ3n) is 2.69. The lowest BCUT2D eigenvalue weighted by molar-refractivity contribution is 0.137. The first-order valence-corrected chi connectivity index (χ1v) is 5.82. The lowest BCUT2D eigenvalue weighted by Crippen LogP contribution is -2.19. The van der Waals surface area contributed by atoms with Crippen LogP contribution in [0.15, 0.2) is 18.2 Å². The van der Waals surface area contributed by atoms with Crippen LogP contribution in [-0.4, -0.2) is 27.4 Å². The van der Waals surface area contributed by atoms with Crippen LogP contribution in [-0.2, 0) is 4.74 Å². The van der Waals surface area contributed by atoms with Crippen LogP contribution in [0.3, 0.4) is 0 Å². The molecule has 0 bridgehead atoms. The lowest BCUT2D eigenvalue weighted by Gasteiger charge is -2.18. The smallest absolute Gasteiger partial charge is 0.169 e. The highest BCUT2D eigenvalue weighted by molar-refractivity contribution is 5.33. The number of benzene rings is 1. The van der Waals surface area contributed by atoms with Crippen molar-refractivity contribution in [3.05, 3.63) is 29.6 Å². The van der Waals surface area contributed by atoms with Gasteiger partial charge in [-0.1, -0.05) is 12.1 Å². The van der Waals surface area contributed by atoms with Crippen LogP contribution in [0.5, 0.6) is 5.75 Å². The molecule has 1 aromatic rings. The quantitative estimate of drug-likeness (QED) is 0.744. The Morgan fingerprint density at radius 2 is 2.18 bits per heavy atom. The number of hydrogen-bond donors (Lipinski definition) is 1. The highest BCUT2D eigenvalue weighted by atomic mass is 19.1. The molecule has 3 nitrogen and oxygen atoms in total. The van der Waals surface area contributed by atoms with Crippen molar-refractivity contribution in [3.8, 4) is 5.75 Å². The molecular formula is C13H20FNO2. The molecule has 0 fully saturated rings. The maximum atomic E-state index is 14.0. The molecule has 0 aliphatic carbocycles. The Bertz CT molecular complexity index is 344. The first-order valence-electron chi connectivity index (χ1n) is 5.82. The number of ether oxygens (including phenoxy) is 2. The molecule has 0 amide bonds. The van der Waals surface area contributed by atoms with Crippen molar-refractivity contribution in [1.29, 1.82) is 0 Å². The van der Waals surface area contributed by atoms with E-state index in [1.165, 1.54) is 7.11 Å². The molecule has 0 saturated heterocycles. The van der Waals surface area contributed by atoms with Gasteiger partial charge in [0.15, 0.2) is 11.6 Å². The van der Waals surface area contributed by atoms with Gasteiger partial charge < -0.3 is 14.8 Å². The molecule has 0 radical (unpaired) electrons. The molecular weight excluding hydrogens is 221 g/mol. The summed E-state index contributed by atoms with van der Waals surface area (Å²) in [5.41, 5.74) is 0.617. The largest absolute Gasteiger partial charge is 0.494 e. The summed E-state index contributed by atoms with van der Waals surface area (Å²) in [7, 11) is 3.28. The van der Waals surface area contributed by atoms with Crippen molar-refractivity contribution in [2.24, 2.45) is 0 Å². The minimum atomic E-state index is -0.300. The third kappa shape index (κ3) is 3.68. The molecule has 96 valence electrons. The van der Waals surface area contributed by atoms with E-state index in [1.807, 2.05) is 14.0 Å². The van der Waals surface area contributed by atoms with Gasteiger partial charge in [0.1, 0.15) is 0 Å². The number of hydrogen-bond acceptors (Lipinski definition) is 3. The summed E-state index contributed by atoms with van der Waals surface area (Å²) in [6.07, 6.45) is 0.731. The van der Waals surface area contributed by atoms with Crippen LogP contribution < -0.4 is 10.1 Å². The van der Waals surface area contributed by atoms with E-state index < -0.39 is 0 Å². The monoisotopic (exact) mass is 241 g/mol. The normalized spacial score (nSPS) is 12.5. The number of nitrogens with one attached hydrogen (secondary N) is 1. The van der Waals surface area contributed by atoms with Gasteiger partial charge in [-0.3, -0.25) is 0 Å². The van der Waals surface area contributed by atoms with E-state index in [-0.39, 0.29) is 17.6 Å². The fourth-order valence-corrected chi connectivity index (χ4v) is 1.76. The van der Waals surface area contributed by atoms with Gasteiger partial charge in [0.05, 0.1) is 7.11 Å².